The van der Waals surface area contributed by atoms with E-state index >= 15 is 0 Å². The molecular formula is C14H26N2O3. The van der Waals surface area contributed by atoms with Crippen LogP contribution in [0, 0.1) is 5.92 Å². The van der Waals surface area contributed by atoms with Crippen LogP contribution in [0.2, 0.25) is 0 Å². The molecule has 0 saturated carbocycles. The second-order valence-corrected chi connectivity index (χ2v) is 5.58. The van der Waals surface area contributed by atoms with Crippen molar-refractivity contribution in [3.63, 3.8) is 0 Å². The topological polar surface area (TPSA) is 58.6 Å². The van der Waals surface area contributed by atoms with Crippen molar-refractivity contribution in [3.8, 4) is 0 Å². The van der Waals surface area contributed by atoms with E-state index in [1.54, 1.807) is 11.8 Å². The number of nitrogens with one attached hydrogen (secondary N) is 1. The molecule has 1 aliphatic rings. The van der Waals surface area contributed by atoms with E-state index in [4.69, 9.17) is 4.74 Å². The maximum absolute atomic E-state index is 12.2. The van der Waals surface area contributed by atoms with Gasteiger partial charge in [0.2, 0.25) is 5.91 Å². The van der Waals surface area contributed by atoms with E-state index in [1.807, 2.05) is 6.92 Å². The van der Waals surface area contributed by atoms with Gasteiger partial charge in [-0.3, -0.25) is 9.59 Å². The van der Waals surface area contributed by atoms with Gasteiger partial charge in [0.1, 0.15) is 5.54 Å². The zero-order valence-electron chi connectivity index (χ0n) is 12.5. The van der Waals surface area contributed by atoms with Crippen LogP contribution in [0.1, 0.15) is 40.5 Å². The second-order valence-electron chi connectivity index (χ2n) is 5.58. The van der Waals surface area contributed by atoms with Crippen molar-refractivity contribution in [1.82, 2.24) is 10.2 Å². The average Bonchev–Trinajstić information content (AvgIpc) is 2.37. The number of rotatable bonds is 5. The molecule has 1 fully saturated rings. The Kier molecular flexibility index (Phi) is 5.79. The molecule has 1 saturated heterocycles. The molecule has 0 radical (unpaired) electrons. The summed E-state index contributed by atoms with van der Waals surface area (Å²) in [5, 5.41) is 3.37. The summed E-state index contributed by atoms with van der Waals surface area (Å²) < 4.78 is 5.21. The van der Waals surface area contributed by atoms with Crippen LogP contribution in [0.5, 0.6) is 0 Å². The number of likely N-dealkylation sites (tertiary alicyclic amines) is 1. The Hall–Kier alpha value is -1.10. The van der Waals surface area contributed by atoms with Crippen LogP contribution < -0.4 is 5.32 Å². The molecule has 5 heteroatoms. The first-order valence-electron chi connectivity index (χ1n) is 7.09. The van der Waals surface area contributed by atoms with Crippen molar-refractivity contribution in [2.45, 2.75) is 46.1 Å². The molecule has 19 heavy (non-hydrogen) atoms. The van der Waals surface area contributed by atoms with Gasteiger partial charge in [0, 0.05) is 20.0 Å². The van der Waals surface area contributed by atoms with Crippen LogP contribution in [-0.4, -0.2) is 48.6 Å². The molecule has 1 amide bonds. The van der Waals surface area contributed by atoms with Crippen LogP contribution in [0.25, 0.3) is 0 Å². The third-order valence-electron chi connectivity index (χ3n) is 3.58. The number of carbonyl (C=O) groups is 2. The average molecular weight is 270 g/mol. The summed E-state index contributed by atoms with van der Waals surface area (Å²) in [5.74, 6) is 0.359. The molecule has 0 unspecified atom stereocenters. The van der Waals surface area contributed by atoms with E-state index < -0.39 is 5.54 Å². The lowest BCUT2D eigenvalue weighted by molar-refractivity contribution is -0.155. The lowest BCUT2D eigenvalue weighted by atomic mass is 9.87. The Morgan fingerprint density at radius 2 is 1.89 bits per heavy atom. The maximum Gasteiger partial charge on any atom is 0.326 e. The quantitative estimate of drug-likeness (QED) is 0.762. The van der Waals surface area contributed by atoms with Gasteiger partial charge >= 0.3 is 5.97 Å². The van der Waals surface area contributed by atoms with Gasteiger partial charge in [-0.1, -0.05) is 13.8 Å². The van der Waals surface area contributed by atoms with Gasteiger partial charge in [-0.25, -0.2) is 0 Å². The largest absolute Gasteiger partial charge is 0.465 e. The molecule has 1 rings (SSSR count). The van der Waals surface area contributed by atoms with E-state index in [2.05, 4.69) is 19.2 Å². The van der Waals surface area contributed by atoms with E-state index in [1.165, 1.54) is 0 Å². The number of piperidine rings is 1. The van der Waals surface area contributed by atoms with E-state index in [-0.39, 0.29) is 11.9 Å². The molecule has 0 aromatic rings. The van der Waals surface area contributed by atoms with Gasteiger partial charge in [-0.05, 0) is 32.2 Å². The Balaban J connectivity index is 2.72. The molecule has 0 aliphatic carbocycles. The molecule has 0 spiro atoms. The summed E-state index contributed by atoms with van der Waals surface area (Å²) in [4.78, 5) is 25.4. The molecule has 1 aliphatic heterocycles. The fourth-order valence-corrected chi connectivity index (χ4v) is 2.33. The SMILES string of the molecule is CCOC(=O)C1(NCC(C)C)CCN(C(C)=O)CC1. The molecule has 110 valence electrons. The smallest absolute Gasteiger partial charge is 0.326 e. The number of carbonyl (C=O) groups excluding carboxylic acids is 2. The van der Waals surface area contributed by atoms with E-state index in [0.29, 0.717) is 38.5 Å². The highest BCUT2D eigenvalue weighted by atomic mass is 16.5. The molecule has 1 N–H and O–H groups in total. The lowest BCUT2D eigenvalue weighted by Crippen LogP contribution is -2.60. The van der Waals surface area contributed by atoms with Crippen molar-refractivity contribution >= 4 is 11.9 Å². The molecule has 0 aromatic heterocycles. The van der Waals surface area contributed by atoms with Crippen LogP contribution >= 0.6 is 0 Å². The van der Waals surface area contributed by atoms with Gasteiger partial charge in [-0.2, -0.15) is 0 Å². The first-order valence-corrected chi connectivity index (χ1v) is 7.09. The number of amides is 1. The minimum atomic E-state index is -0.619. The molecule has 5 nitrogen and oxygen atoms in total. The fraction of sp³-hybridized carbons (Fsp3) is 0.857. The van der Waals surface area contributed by atoms with Crippen molar-refractivity contribution in [1.29, 1.82) is 0 Å². The van der Waals surface area contributed by atoms with Crippen molar-refractivity contribution in [2.24, 2.45) is 5.92 Å². The van der Waals surface area contributed by atoms with E-state index in [9.17, 15) is 9.59 Å². The monoisotopic (exact) mass is 270 g/mol. The number of hydrogen-bond acceptors (Lipinski definition) is 4. The minimum Gasteiger partial charge on any atom is -0.465 e. The first-order chi connectivity index (χ1) is 8.91. The normalized spacial score (nSPS) is 18.5. The van der Waals surface area contributed by atoms with Crippen LogP contribution in [0.15, 0.2) is 0 Å². The maximum atomic E-state index is 12.2. The summed E-state index contributed by atoms with van der Waals surface area (Å²) >= 11 is 0. The number of esters is 1. The highest BCUT2D eigenvalue weighted by Crippen LogP contribution is 2.24. The van der Waals surface area contributed by atoms with Crippen molar-refractivity contribution in [3.05, 3.63) is 0 Å². The van der Waals surface area contributed by atoms with Crippen molar-refractivity contribution in [2.75, 3.05) is 26.2 Å². The van der Waals surface area contributed by atoms with Gasteiger partial charge < -0.3 is 15.0 Å². The summed E-state index contributed by atoms with van der Waals surface area (Å²) in [6.45, 7) is 9.99. The van der Waals surface area contributed by atoms with Crippen molar-refractivity contribution < 1.29 is 14.3 Å². The highest BCUT2D eigenvalue weighted by Gasteiger charge is 2.42. The van der Waals surface area contributed by atoms with Crippen LogP contribution in [0.4, 0.5) is 0 Å². The zero-order valence-corrected chi connectivity index (χ0v) is 12.5. The van der Waals surface area contributed by atoms with Gasteiger partial charge in [-0.15, -0.1) is 0 Å². The second kappa shape index (κ2) is 6.89. The Morgan fingerprint density at radius 1 is 1.32 bits per heavy atom. The molecule has 0 aromatic carbocycles. The fourth-order valence-electron chi connectivity index (χ4n) is 2.33. The summed E-state index contributed by atoms with van der Waals surface area (Å²) in [6, 6.07) is 0. The predicted octanol–water partition coefficient (Wildman–Crippen LogP) is 1.18. The minimum absolute atomic E-state index is 0.0707. The predicted molar refractivity (Wildman–Crippen MR) is 73.7 cm³/mol. The number of hydrogen-bond donors (Lipinski definition) is 1. The Bertz CT molecular complexity index is 321. The first kappa shape index (κ1) is 16.0. The van der Waals surface area contributed by atoms with Gasteiger partial charge in [0.05, 0.1) is 6.61 Å². The molecule has 0 bridgehead atoms. The number of nitrogens with zero attached hydrogens (tertiary/aromatic N) is 1. The third kappa shape index (κ3) is 4.20. The number of ether oxygens (including phenoxy) is 1. The zero-order chi connectivity index (χ0) is 14.5. The molecule has 0 atom stereocenters. The third-order valence-corrected chi connectivity index (χ3v) is 3.58. The lowest BCUT2D eigenvalue weighted by Gasteiger charge is -2.40. The molecule has 1 heterocycles. The standard InChI is InChI=1S/C14H26N2O3/c1-5-19-13(18)14(15-10-11(2)3)6-8-16(9-7-14)12(4)17/h11,15H,5-10H2,1-4H3. The van der Waals surface area contributed by atoms with Gasteiger partial charge in [0.25, 0.3) is 0 Å². The summed E-state index contributed by atoms with van der Waals surface area (Å²) in [5.41, 5.74) is -0.619. The summed E-state index contributed by atoms with van der Waals surface area (Å²) in [6.07, 6.45) is 1.25. The van der Waals surface area contributed by atoms with Gasteiger partial charge in [0.15, 0.2) is 0 Å². The summed E-state index contributed by atoms with van der Waals surface area (Å²) in [7, 11) is 0. The van der Waals surface area contributed by atoms with Crippen LogP contribution in [-0.2, 0) is 14.3 Å². The van der Waals surface area contributed by atoms with E-state index in [0.717, 1.165) is 6.54 Å². The Morgan fingerprint density at radius 3 is 2.32 bits per heavy atom. The highest BCUT2D eigenvalue weighted by molar-refractivity contribution is 5.82. The molecular weight excluding hydrogens is 244 g/mol. The Labute approximate surface area is 115 Å². The van der Waals surface area contributed by atoms with Crippen LogP contribution in [0.3, 0.4) is 0 Å².